The number of carbonyl (C=O) groups is 1. The molecule has 0 atom stereocenters. The van der Waals surface area contributed by atoms with E-state index in [1.54, 1.807) is 19.1 Å². The highest BCUT2D eigenvalue weighted by atomic mass is 35.5. The zero-order chi connectivity index (χ0) is 9.68. The van der Waals surface area contributed by atoms with Crippen LogP contribution in [0.5, 0.6) is 0 Å². The molecule has 0 aromatic carbocycles. The smallest absolute Gasteiger partial charge is 0.311 e. The molecule has 0 spiro atoms. The third kappa shape index (κ3) is 3.38. The number of hydrogen-bond acceptors (Lipinski definition) is 4. The van der Waals surface area contributed by atoms with E-state index in [9.17, 15) is 4.79 Å². The van der Waals surface area contributed by atoms with Crippen molar-refractivity contribution in [2.75, 3.05) is 6.61 Å². The quantitative estimate of drug-likeness (QED) is 0.689. The molecule has 0 saturated carbocycles. The van der Waals surface area contributed by atoms with Crippen molar-refractivity contribution < 1.29 is 9.53 Å². The Morgan fingerprint density at radius 1 is 1.54 bits per heavy atom. The van der Waals surface area contributed by atoms with Gasteiger partial charge in [-0.15, -0.1) is 5.10 Å². The van der Waals surface area contributed by atoms with Crippen LogP contribution in [0.2, 0.25) is 5.15 Å². The molecule has 1 heterocycles. The molecule has 4 nitrogen and oxygen atoms in total. The number of halogens is 1. The largest absolute Gasteiger partial charge is 0.466 e. The fourth-order valence-corrected chi connectivity index (χ4v) is 0.899. The van der Waals surface area contributed by atoms with Gasteiger partial charge in [-0.1, -0.05) is 11.6 Å². The van der Waals surface area contributed by atoms with Crippen molar-refractivity contribution in [3.8, 4) is 0 Å². The molecule has 0 aliphatic rings. The molecule has 0 aliphatic carbocycles. The van der Waals surface area contributed by atoms with Crippen molar-refractivity contribution in [2.24, 2.45) is 0 Å². The Morgan fingerprint density at radius 3 is 2.85 bits per heavy atom. The number of nitrogens with zero attached hydrogens (tertiary/aromatic N) is 2. The third-order valence-electron chi connectivity index (χ3n) is 1.32. The molecule has 0 unspecified atom stereocenters. The first-order chi connectivity index (χ1) is 6.22. The van der Waals surface area contributed by atoms with Gasteiger partial charge in [-0.05, 0) is 19.1 Å². The Bertz CT molecular complexity index is 287. The summed E-state index contributed by atoms with van der Waals surface area (Å²) in [4.78, 5) is 11.0. The highest BCUT2D eigenvalue weighted by molar-refractivity contribution is 6.29. The molecule has 0 N–H and O–H groups in total. The van der Waals surface area contributed by atoms with Gasteiger partial charge in [0.1, 0.15) is 0 Å². The molecular weight excluding hydrogens is 192 g/mol. The van der Waals surface area contributed by atoms with Crippen LogP contribution < -0.4 is 0 Å². The minimum Gasteiger partial charge on any atom is -0.466 e. The lowest BCUT2D eigenvalue weighted by molar-refractivity contribution is -0.142. The molecule has 5 heteroatoms. The fraction of sp³-hybridized carbons (Fsp3) is 0.375. The maximum atomic E-state index is 11.0. The van der Waals surface area contributed by atoms with Gasteiger partial charge in [0.15, 0.2) is 5.15 Å². The normalized spacial score (nSPS) is 9.69. The van der Waals surface area contributed by atoms with E-state index in [0.717, 1.165) is 0 Å². The van der Waals surface area contributed by atoms with Gasteiger partial charge in [0, 0.05) is 0 Å². The van der Waals surface area contributed by atoms with Crippen LogP contribution in [0.4, 0.5) is 0 Å². The third-order valence-corrected chi connectivity index (χ3v) is 1.52. The first kappa shape index (κ1) is 9.92. The van der Waals surface area contributed by atoms with Crippen LogP contribution in [-0.4, -0.2) is 22.8 Å². The van der Waals surface area contributed by atoms with Crippen LogP contribution in [0, 0.1) is 0 Å². The van der Waals surface area contributed by atoms with Crippen molar-refractivity contribution in [3.05, 3.63) is 23.0 Å². The Labute approximate surface area is 80.9 Å². The minimum absolute atomic E-state index is 0.137. The average molecular weight is 201 g/mol. The highest BCUT2D eigenvalue weighted by Gasteiger charge is 2.04. The first-order valence-electron chi connectivity index (χ1n) is 3.86. The zero-order valence-electron chi connectivity index (χ0n) is 7.16. The maximum absolute atomic E-state index is 11.0. The molecule has 70 valence electrons. The molecule has 0 saturated heterocycles. The zero-order valence-corrected chi connectivity index (χ0v) is 7.91. The number of ether oxygens (including phenoxy) is 1. The summed E-state index contributed by atoms with van der Waals surface area (Å²) in [5.41, 5.74) is 0.558. The number of aromatic nitrogens is 2. The van der Waals surface area contributed by atoms with E-state index in [1.807, 2.05) is 0 Å². The average Bonchev–Trinajstić information content (AvgIpc) is 2.09. The van der Waals surface area contributed by atoms with Gasteiger partial charge in [-0.3, -0.25) is 4.79 Å². The first-order valence-corrected chi connectivity index (χ1v) is 4.24. The van der Waals surface area contributed by atoms with Gasteiger partial charge in [0.25, 0.3) is 0 Å². The van der Waals surface area contributed by atoms with E-state index < -0.39 is 0 Å². The topological polar surface area (TPSA) is 52.1 Å². The summed E-state index contributed by atoms with van der Waals surface area (Å²) in [6.07, 6.45) is 0.137. The van der Waals surface area contributed by atoms with Gasteiger partial charge in [0.2, 0.25) is 0 Å². The molecule has 0 amide bonds. The molecule has 0 bridgehead atoms. The lowest BCUT2D eigenvalue weighted by Crippen LogP contribution is -2.09. The number of hydrogen-bond donors (Lipinski definition) is 0. The van der Waals surface area contributed by atoms with E-state index in [1.165, 1.54) is 0 Å². The molecule has 0 radical (unpaired) electrons. The Hall–Kier alpha value is -1.16. The number of rotatable bonds is 3. The number of carbonyl (C=O) groups excluding carboxylic acids is 1. The second-order valence-corrected chi connectivity index (χ2v) is 2.72. The molecule has 0 fully saturated rings. The molecule has 13 heavy (non-hydrogen) atoms. The maximum Gasteiger partial charge on any atom is 0.311 e. The Kier molecular flexibility index (Phi) is 3.64. The minimum atomic E-state index is -0.306. The van der Waals surface area contributed by atoms with E-state index >= 15 is 0 Å². The fourth-order valence-electron chi connectivity index (χ4n) is 0.798. The Balaban J connectivity index is 2.54. The summed E-state index contributed by atoms with van der Waals surface area (Å²) in [5.74, 6) is -0.306. The van der Waals surface area contributed by atoms with Gasteiger partial charge in [-0.25, -0.2) is 0 Å². The number of esters is 1. The van der Waals surface area contributed by atoms with Crippen molar-refractivity contribution in [2.45, 2.75) is 13.3 Å². The van der Waals surface area contributed by atoms with E-state index in [4.69, 9.17) is 16.3 Å². The van der Waals surface area contributed by atoms with E-state index in [2.05, 4.69) is 10.2 Å². The molecule has 0 aliphatic heterocycles. The molecule has 1 rings (SSSR count). The molecule has 1 aromatic heterocycles. The second kappa shape index (κ2) is 4.77. The van der Waals surface area contributed by atoms with Crippen LogP contribution >= 0.6 is 11.6 Å². The van der Waals surface area contributed by atoms with E-state index in [0.29, 0.717) is 17.5 Å². The summed E-state index contributed by atoms with van der Waals surface area (Å²) in [5, 5.41) is 7.63. The SMILES string of the molecule is CCOC(=O)Cc1ccc(Cl)nn1. The van der Waals surface area contributed by atoms with Gasteiger partial charge in [0.05, 0.1) is 18.7 Å². The summed E-state index contributed by atoms with van der Waals surface area (Å²) in [6, 6.07) is 3.23. The van der Waals surface area contributed by atoms with Crippen molar-refractivity contribution in [1.29, 1.82) is 0 Å². The van der Waals surface area contributed by atoms with Gasteiger partial charge < -0.3 is 4.74 Å². The predicted molar refractivity (Wildman–Crippen MR) is 47.4 cm³/mol. The predicted octanol–water partition coefficient (Wildman–Crippen LogP) is 1.24. The van der Waals surface area contributed by atoms with Crippen LogP contribution in [0.1, 0.15) is 12.6 Å². The van der Waals surface area contributed by atoms with E-state index in [-0.39, 0.29) is 12.4 Å². The Morgan fingerprint density at radius 2 is 2.31 bits per heavy atom. The molecule has 1 aromatic rings. The second-order valence-electron chi connectivity index (χ2n) is 2.33. The van der Waals surface area contributed by atoms with Gasteiger partial charge in [-0.2, -0.15) is 5.10 Å². The summed E-state index contributed by atoms with van der Waals surface area (Å²) in [6.45, 7) is 2.13. The van der Waals surface area contributed by atoms with Crippen molar-refractivity contribution in [3.63, 3.8) is 0 Å². The lowest BCUT2D eigenvalue weighted by atomic mass is 10.3. The van der Waals surface area contributed by atoms with Gasteiger partial charge >= 0.3 is 5.97 Å². The summed E-state index contributed by atoms with van der Waals surface area (Å²) >= 11 is 5.52. The van der Waals surface area contributed by atoms with Crippen LogP contribution in [0.25, 0.3) is 0 Å². The summed E-state index contributed by atoms with van der Waals surface area (Å²) < 4.78 is 4.74. The van der Waals surface area contributed by atoms with Crippen molar-refractivity contribution in [1.82, 2.24) is 10.2 Å². The summed E-state index contributed by atoms with van der Waals surface area (Å²) in [7, 11) is 0. The monoisotopic (exact) mass is 200 g/mol. The van der Waals surface area contributed by atoms with Crippen LogP contribution in [0.15, 0.2) is 12.1 Å². The van der Waals surface area contributed by atoms with Crippen molar-refractivity contribution >= 4 is 17.6 Å². The standard InChI is InChI=1S/C8H9ClN2O2/c1-2-13-8(12)5-6-3-4-7(9)11-10-6/h3-4H,2,5H2,1H3. The lowest BCUT2D eigenvalue weighted by Gasteiger charge is -1.99. The van der Waals surface area contributed by atoms with Crippen LogP contribution in [-0.2, 0) is 16.0 Å². The highest BCUT2D eigenvalue weighted by Crippen LogP contribution is 2.03. The molecular formula is C8H9ClN2O2. The van der Waals surface area contributed by atoms with Crippen LogP contribution in [0.3, 0.4) is 0 Å².